The van der Waals surface area contributed by atoms with Gasteiger partial charge in [-0.3, -0.25) is 4.98 Å². The minimum Gasteiger partial charge on any atom is -0.461 e. The lowest BCUT2D eigenvalue weighted by Gasteiger charge is -2.32. The van der Waals surface area contributed by atoms with Gasteiger partial charge in [0.1, 0.15) is 0 Å². The van der Waals surface area contributed by atoms with E-state index in [1.54, 1.807) is 23.9 Å². The third-order valence-electron chi connectivity index (χ3n) is 5.85. The summed E-state index contributed by atoms with van der Waals surface area (Å²) in [7, 11) is 0. The van der Waals surface area contributed by atoms with Gasteiger partial charge in [-0.05, 0) is 74.2 Å². The Kier molecular flexibility index (Phi) is 7.87. The average molecular weight is 463 g/mol. The Labute approximate surface area is 199 Å². The molecule has 0 bridgehead atoms. The molecule has 0 spiro atoms. The average Bonchev–Trinajstić information content (AvgIpc) is 3.35. The minimum absolute atomic E-state index is 0.168. The number of amides is 2. The van der Waals surface area contributed by atoms with Crippen LogP contribution in [0.5, 0.6) is 0 Å². The van der Waals surface area contributed by atoms with Crippen LogP contribution in [0.4, 0.5) is 10.5 Å². The zero-order valence-electron chi connectivity index (χ0n) is 19.3. The third-order valence-corrected chi connectivity index (χ3v) is 5.85. The Morgan fingerprint density at radius 1 is 1.06 bits per heavy atom. The van der Waals surface area contributed by atoms with E-state index in [2.05, 4.69) is 37.7 Å². The van der Waals surface area contributed by atoms with E-state index in [1.165, 1.54) is 5.56 Å². The molecular formula is C25H30N6O3. The van der Waals surface area contributed by atoms with Gasteiger partial charge in [-0.15, -0.1) is 0 Å². The van der Waals surface area contributed by atoms with Crippen LogP contribution in [0.3, 0.4) is 0 Å². The number of anilines is 1. The minimum atomic E-state index is -0.448. The molecule has 34 heavy (non-hydrogen) atoms. The number of hydrogen-bond acceptors (Lipinski definition) is 6. The van der Waals surface area contributed by atoms with Crippen molar-refractivity contribution in [3.63, 3.8) is 0 Å². The number of hydrogen-bond donors (Lipinski definition) is 2. The second-order valence-electron chi connectivity index (χ2n) is 8.23. The molecule has 9 nitrogen and oxygen atoms in total. The van der Waals surface area contributed by atoms with Crippen LogP contribution in [0.25, 0.3) is 5.69 Å². The van der Waals surface area contributed by atoms with Crippen molar-refractivity contribution in [2.75, 3.05) is 31.6 Å². The molecule has 2 N–H and O–H groups in total. The van der Waals surface area contributed by atoms with E-state index < -0.39 is 5.97 Å². The summed E-state index contributed by atoms with van der Waals surface area (Å²) in [5.74, 6) is -0.448. The van der Waals surface area contributed by atoms with E-state index >= 15 is 0 Å². The number of piperidine rings is 1. The molecule has 1 saturated heterocycles. The number of pyridine rings is 1. The van der Waals surface area contributed by atoms with Crippen LogP contribution in [-0.2, 0) is 11.2 Å². The molecule has 3 aromatic rings. The number of carbonyl (C=O) groups is 2. The second kappa shape index (κ2) is 11.4. The van der Waals surface area contributed by atoms with Gasteiger partial charge in [-0.2, -0.15) is 5.10 Å². The van der Waals surface area contributed by atoms with Gasteiger partial charge in [0.25, 0.3) is 0 Å². The number of nitrogens with one attached hydrogen (secondary N) is 2. The smallest absolute Gasteiger partial charge is 0.358 e. The molecule has 178 valence electrons. The fraction of sp³-hybridized carbons (Fsp3) is 0.360. The first-order valence-corrected chi connectivity index (χ1v) is 11.6. The summed E-state index contributed by atoms with van der Waals surface area (Å²) in [6.07, 6.45) is 8.24. The molecule has 1 aliphatic heterocycles. The summed E-state index contributed by atoms with van der Waals surface area (Å²) >= 11 is 0. The van der Waals surface area contributed by atoms with Crippen LogP contribution in [0.15, 0.2) is 61.1 Å². The number of esters is 1. The second-order valence-corrected chi connectivity index (χ2v) is 8.23. The van der Waals surface area contributed by atoms with Crippen LogP contribution in [0.1, 0.15) is 35.8 Å². The van der Waals surface area contributed by atoms with E-state index in [0.717, 1.165) is 44.6 Å². The van der Waals surface area contributed by atoms with Crippen molar-refractivity contribution in [2.45, 2.75) is 32.2 Å². The normalized spacial score (nSPS) is 14.5. The number of aromatic nitrogens is 3. The number of carbonyl (C=O) groups excluding carboxylic acids is 2. The third kappa shape index (κ3) is 6.41. The number of ether oxygens (including phenoxy) is 1. The molecule has 1 fully saturated rings. The predicted octanol–water partition coefficient (Wildman–Crippen LogP) is 3.27. The van der Waals surface area contributed by atoms with Crippen LogP contribution in [0.2, 0.25) is 0 Å². The zero-order chi connectivity index (χ0) is 23.8. The molecule has 0 radical (unpaired) electrons. The summed E-state index contributed by atoms with van der Waals surface area (Å²) in [5, 5.41) is 10.2. The van der Waals surface area contributed by atoms with Gasteiger partial charge in [0.15, 0.2) is 5.69 Å². The van der Waals surface area contributed by atoms with Crippen molar-refractivity contribution in [1.82, 2.24) is 25.0 Å². The van der Waals surface area contributed by atoms with Crippen molar-refractivity contribution in [2.24, 2.45) is 0 Å². The van der Waals surface area contributed by atoms with E-state index in [0.29, 0.717) is 12.3 Å². The maximum Gasteiger partial charge on any atom is 0.358 e. The van der Waals surface area contributed by atoms with Gasteiger partial charge in [0, 0.05) is 50.0 Å². The highest BCUT2D eigenvalue weighted by molar-refractivity contribution is 5.89. The first-order valence-electron chi connectivity index (χ1n) is 11.6. The zero-order valence-corrected chi connectivity index (χ0v) is 19.3. The Bertz CT molecular complexity index is 1080. The van der Waals surface area contributed by atoms with Crippen molar-refractivity contribution in [3.05, 3.63) is 72.3 Å². The van der Waals surface area contributed by atoms with Crippen LogP contribution in [-0.4, -0.2) is 63.9 Å². The summed E-state index contributed by atoms with van der Waals surface area (Å²) in [6.45, 7) is 5.03. The van der Waals surface area contributed by atoms with Crippen LogP contribution in [0, 0.1) is 0 Å². The number of nitrogens with zero attached hydrogens (tertiary/aromatic N) is 4. The standard InChI is InChI=1S/C25H30N6O3/c1-2-34-24(32)23-12-18-31(29-23)22-5-3-20(4-6-22)27-25(33)28-21-10-16-30(17-11-21)15-9-19-7-13-26-14-8-19/h3-8,12-14,18,21H,2,9-11,15-17H2,1H3,(H2,27,28,33). The molecule has 0 aliphatic carbocycles. The van der Waals surface area contributed by atoms with Gasteiger partial charge in [0.05, 0.1) is 12.3 Å². The molecule has 0 unspecified atom stereocenters. The summed E-state index contributed by atoms with van der Waals surface area (Å²) in [5.41, 5.74) is 3.02. The van der Waals surface area contributed by atoms with E-state index in [4.69, 9.17) is 4.74 Å². The number of rotatable bonds is 8. The lowest BCUT2D eigenvalue weighted by molar-refractivity contribution is 0.0519. The van der Waals surface area contributed by atoms with Crippen LogP contribution >= 0.6 is 0 Å². The highest BCUT2D eigenvalue weighted by Gasteiger charge is 2.20. The van der Waals surface area contributed by atoms with Crippen molar-refractivity contribution in [1.29, 1.82) is 0 Å². The fourth-order valence-electron chi connectivity index (χ4n) is 3.97. The molecule has 1 aromatic carbocycles. The molecular weight excluding hydrogens is 432 g/mol. The topological polar surface area (TPSA) is 101 Å². The van der Waals surface area contributed by atoms with E-state index in [9.17, 15) is 9.59 Å². The first kappa shape index (κ1) is 23.4. The molecule has 2 amide bonds. The van der Waals surface area contributed by atoms with Gasteiger partial charge >= 0.3 is 12.0 Å². The SMILES string of the molecule is CCOC(=O)c1ccn(-c2ccc(NC(=O)NC3CCN(CCc4ccncc4)CC3)cc2)n1. The van der Waals surface area contributed by atoms with Crippen molar-refractivity contribution >= 4 is 17.7 Å². The highest BCUT2D eigenvalue weighted by Crippen LogP contribution is 2.15. The van der Waals surface area contributed by atoms with Gasteiger partial charge in [-0.1, -0.05) is 0 Å². The molecule has 0 saturated carbocycles. The quantitative estimate of drug-likeness (QED) is 0.498. The monoisotopic (exact) mass is 462 g/mol. The van der Waals surface area contributed by atoms with Gasteiger partial charge in [-0.25, -0.2) is 14.3 Å². The van der Waals surface area contributed by atoms with Gasteiger partial charge < -0.3 is 20.3 Å². The predicted molar refractivity (Wildman–Crippen MR) is 129 cm³/mol. The summed E-state index contributed by atoms with van der Waals surface area (Å²) < 4.78 is 6.56. The lowest BCUT2D eigenvalue weighted by Crippen LogP contribution is -2.46. The summed E-state index contributed by atoms with van der Waals surface area (Å²) in [4.78, 5) is 30.7. The van der Waals surface area contributed by atoms with Crippen molar-refractivity contribution in [3.8, 4) is 5.69 Å². The fourth-order valence-corrected chi connectivity index (χ4v) is 3.97. The van der Waals surface area contributed by atoms with Crippen molar-refractivity contribution < 1.29 is 14.3 Å². The van der Waals surface area contributed by atoms with E-state index in [-0.39, 0.29) is 17.8 Å². The molecule has 0 atom stereocenters. The molecule has 9 heteroatoms. The molecule has 2 aromatic heterocycles. The number of urea groups is 1. The Morgan fingerprint density at radius 3 is 2.50 bits per heavy atom. The maximum absolute atomic E-state index is 12.5. The Balaban J connectivity index is 1.20. The molecule has 4 rings (SSSR count). The number of likely N-dealkylation sites (tertiary alicyclic amines) is 1. The Hall–Kier alpha value is -3.72. The molecule has 3 heterocycles. The largest absolute Gasteiger partial charge is 0.461 e. The van der Waals surface area contributed by atoms with E-state index in [1.807, 2.05) is 36.7 Å². The van der Waals surface area contributed by atoms with Crippen LogP contribution < -0.4 is 10.6 Å². The summed E-state index contributed by atoms with van der Waals surface area (Å²) in [6, 6.07) is 13.0. The Morgan fingerprint density at radius 2 is 1.79 bits per heavy atom. The maximum atomic E-state index is 12.5. The van der Waals surface area contributed by atoms with Gasteiger partial charge in [0.2, 0.25) is 0 Å². The molecule has 1 aliphatic rings. The first-order chi connectivity index (χ1) is 16.6. The highest BCUT2D eigenvalue weighted by atomic mass is 16.5. The number of benzene rings is 1. The lowest BCUT2D eigenvalue weighted by atomic mass is 10.0.